The van der Waals surface area contributed by atoms with Crippen LogP contribution in [0.4, 0.5) is 11.4 Å². The zero-order valence-corrected chi connectivity index (χ0v) is 19.9. The Morgan fingerprint density at radius 3 is 2.38 bits per heavy atom. The molecule has 32 heavy (non-hydrogen) atoms. The van der Waals surface area contributed by atoms with E-state index in [0.29, 0.717) is 30.4 Å². The third-order valence-electron chi connectivity index (χ3n) is 5.76. The van der Waals surface area contributed by atoms with E-state index in [9.17, 15) is 13.5 Å². The van der Waals surface area contributed by atoms with Gasteiger partial charge >= 0.3 is 0 Å². The van der Waals surface area contributed by atoms with Gasteiger partial charge in [0.1, 0.15) is 4.21 Å². The summed E-state index contributed by atoms with van der Waals surface area (Å²) in [6, 6.07) is 21.2. The quantitative estimate of drug-likeness (QED) is 0.546. The van der Waals surface area contributed by atoms with Crippen molar-refractivity contribution in [3.05, 3.63) is 77.7 Å². The summed E-state index contributed by atoms with van der Waals surface area (Å²) >= 11 is 1.25. The van der Waals surface area contributed by atoms with Gasteiger partial charge in [-0.15, -0.1) is 11.3 Å². The first kappa shape index (κ1) is 22.8. The Hall–Kier alpha value is -2.39. The first-order valence-corrected chi connectivity index (χ1v) is 13.0. The molecule has 1 atom stereocenters. The van der Waals surface area contributed by atoms with E-state index in [4.69, 9.17) is 0 Å². The molecule has 0 aliphatic carbocycles. The van der Waals surface area contributed by atoms with Gasteiger partial charge in [0.25, 0.3) is 10.0 Å². The Morgan fingerprint density at radius 1 is 1.03 bits per heavy atom. The molecule has 1 fully saturated rings. The van der Waals surface area contributed by atoms with Gasteiger partial charge in [-0.2, -0.15) is 4.31 Å². The summed E-state index contributed by atoms with van der Waals surface area (Å²) in [5, 5.41) is 15.5. The Morgan fingerprint density at radius 2 is 1.75 bits per heavy atom. The summed E-state index contributed by atoms with van der Waals surface area (Å²) in [4.78, 5) is 2.25. The maximum absolute atomic E-state index is 13.1. The van der Waals surface area contributed by atoms with E-state index in [1.807, 2.05) is 54.6 Å². The van der Waals surface area contributed by atoms with Crippen LogP contribution in [0.15, 0.2) is 76.3 Å². The highest BCUT2D eigenvalue weighted by Gasteiger charge is 2.35. The Balaban J connectivity index is 1.57. The molecule has 0 spiro atoms. The van der Waals surface area contributed by atoms with Crippen molar-refractivity contribution < 1.29 is 13.5 Å². The van der Waals surface area contributed by atoms with Crippen LogP contribution in [0.2, 0.25) is 0 Å². The second-order valence-electron chi connectivity index (χ2n) is 8.50. The number of rotatable bonds is 7. The number of hydrogen-bond acceptors (Lipinski definition) is 6. The molecule has 1 aliphatic rings. The van der Waals surface area contributed by atoms with E-state index in [1.165, 1.54) is 11.3 Å². The lowest BCUT2D eigenvalue weighted by Gasteiger charge is -2.42. The van der Waals surface area contributed by atoms with E-state index in [2.05, 4.69) is 10.2 Å². The fourth-order valence-corrected chi connectivity index (χ4v) is 6.56. The van der Waals surface area contributed by atoms with Crippen molar-refractivity contribution in [2.75, 3.05) is 36.4 Å². The van der Waals surface area contributed by atoms with Crippen LogP contribution in [0.1, 0.15) is 19.4 Å². The first-order valence-electron chi connectivity index (χ1n) is 10.7. The summed E-state index contributed by atoms with van der Waals surface area (Å²) in [5.41, 5.74) is 1.97. The summed E-state index contributed by atoms with van der Waals surface area (Å²) < 4.78 is 28.3. The number of nitrogens with zero attached hydrogens (tertiary/aromatic N) is 2. The third kappa shape index (κ3) is 4.99. The molecule has 1 aromatic heterocycles. The van der Waals surface area contributed by atoms with Crippen LogP contribution >= 0.6 is 11.3 Å². The minimum atomic E-state index is -3.50. The average Bonchev–Trinajstić information content (AvgIpc) is 3.34. The Labute approximate surface area is 194 Å². The van der Waals surface area contributed by atoms with Crippen LogP contribution in [0.3, 0.4) is 0 Å². The van der Waals surface area contributed by atoms with Crippen LogP contribution < -0.4 is 10.2 Å². The summed E-state index contributed by atoms with van der Waals surface area (Å²) in [7, 11) is -3.50. The van der Waals surface area contributed by atoms with Gasteiger partial charge in [0.15, 0.2) is 0 Å². The number of piperazine rings is 1. The fourth-order valence-electron chi connectivity index (χ4n) is 3.95. The SMILES string of the molecule is CC(C)(O)c1ccc(N2CCN(S(=O)(=O)c3cccs3)C[C@@H]2CNc2ccccc2)cc1. The highest BCUT2D eigenvalue weighted by atomic mass is 32.2. The topological polar surface area (TPSA) is 72.9 Å². The first-order chi connectivity index (χ1) is 15.2. The lowest BCUT2D eigenvalue weighted by Crippen LogP contribution is -2.57. The molecule has 170 valence electrons. The standard InChI is InChI=1S/C24H29N3O3S2/c1-24(2,28)19-10-12-21(13-11-19)27-15-14-26(32(29,30)23-9-6-16-31-23)18-22(27)17-25-20-7-4-3-5-8-20/h3-13,16,22,25,28H,14-15,17-18H2,1-2H3/t22-/m0/s1. The van der Waals surface area contributed by atoms with Crippen LogP contribution in [0.5, 0.6) is 0 Å². The van der Waals surface area contributed by atoms with Crippen molar-refractivity contribution in [3.63, 3.8) is 0 Å². The number of sulfonamides is 1. The predicted octanol–water partition coefficient (Wildman–Crippen LogP) is 3.97. The molecular formula is C24H29N3O3S2. The second-order valence-corrected chi connectivity index (χ2v) is 11.6. The van der Waals surface area contributed by atoms with Crippen molar-refractivity contribution >= 4 is 32.7 Å². The molecule has 0 saturated carbocycles. The predicted molar refractivity (Wildman–Crippen MR) is 131 cm³/mol. The minimum Gasteiger partial charge on any atom is -0.386 e. The maximum atomic E-state index is 13.1. The molecule has 4 rings (SSSR count). The molecule has 2 aromatic carbocycles. The molecule has 0 unspecified atom stereocenters. The van der Waals surface area contributed by atoms with Crippen LogP contribution in [-0.4, -0.2) is 50.1 Å². The van der Waals surface area contributed by atoms with Gasteiger partial charge in [-0.3, -0.25) is 0 Å². The molecular weight excluding hydrogens is 442 g/mol. The summed E-state index contributed by atoms with van der Waals surface area (Å²) in [6.45, 7) is 5.55. The number of thiophene rings is 1. The van der Waals surface area contributed by atoms with Crippen molar-refractivity contribution in [1.82, 2.24) is 4.31 Å². The molecule has 0 radical (unpaired) electrons. The highest BCUT2D eigenvalue weighted by molar-refractivity contribution is 7.91. The average molecular weight is 472 g/mol. The van der Waals surface area contributed by atoms with Crippen molar-refractivity contribution in [1.29, 1.82) is 0 Å². The van der Waals surface area contributed by atoms with Crippen molar-refractivity contribution in [3.8, 4) is 0 Å². The Bertz CT molecular complexity index is 1110. The van der Waals surface area contributed by atoms with E-state index < -0.39 is 15.6 Å². The number of benzene rings is 2. The molecule has 0 amide bonds. The van der Waals surface area contributed by atoms with Gasteiger partial charge in [0.2, 0.25) is 0 Å². The van der Waals surface area contributed by atoms with E-state index in [1.54, 1.807) is 35.7 Å². The number of para-hydroxylation sites is 1. The lowest BCUT2D eigenvalue weighted by atomic mass is 9.98. The molecule has 0 bridgehead atoms. The van der Waals surface area contributed by atoms with Crippen molar-refractivity contribution in [2.45, 2.75) is 29.7 Å². The maximum Gasteiger partial charge on any atom is 0.252 e. The van der Waals surface area contributed by atoms with Gasteiger partial charge in [-0.1, -0.05) is 36.4 Å². The Kier molecular flexibility index (Phi) is 6.57. The van der Waals surface area contributed by atoms with Gasteiger partial charge in [0, 0.05) is 37.6 Å². The number of hydrogen-bond donors (Lipinski definition) is 2. The highest BCUT2D eigenvalue weighted by Crippen LogP contribution is 2.29. The van der Waals surface area contributed by atoms with Crippen LogP contribution in [0.25, 0.3) is 0 Å². The van der Waals surface area contributed by atoms with Gasteiger partial charge < -0.3 is 15.3 Å². The van der Waals surface area contributed by atoms with E-state index in [-0.39, 0.29) is 6.04 Å². The normalized spacial score (nSPS) is 18.0. The summed E-state index contributed by atoms with van der Waals surface area (Å²) in [6.07, 6.45) is 0. The second kappa shape index (κ2) is 9.23. The summed E-state index contributed by atoms with van der Waals surface area (Å²) in [5.74, 6) is 0. The number of aliphatic hydroxyl groups is 1. The molecule has 1 saturated heterocycles. The molecule has 2 heterocycles. The lowest BCUT2D eigenvalue weighted by molar-refractivity contribution is 0.0786. The zero-order valence-electron chi connectivity index (χ0n) is 18.3. The van der Waals surface area contributed by atoms with Crippen LogP contribution in [0, 0.1) is 0 Å². The smallest absolute Gasteiger partial charge is 0.252 e. The van der Waals surface area contributed by atoms with Crippen molar-refractivity contribution in [2.24, 2.45) is 0 Å². The molecule has 3 aromatic rings. The van der Waals surface area contributed by atoms with Gasteiger partial charge in [-0.05, 0) is 55.1 Å². The third-order valence-corrected chi connectivity index (χ3v) is 8.99. The molecule has 2 N–H and O–H groups in total. The zero-order chi connectivity index (χ0) is 22.8. The molecule has 1 aliphatic heterocycles. The largest absolute Gasteiger partial charge is 0.386 e. The monoisotopic (exact) mass is 471 g/mol. The van der Waals surface area contributed by atoms with E-state index >= 15 is 0 Å². The minimum absolute atomic E-state index is 0.0494. The molecule has 6 nitrogen and oxygen atoms in total. The number of anilines is 2. The number of nitrogens with one attached hydrogen (secondary N) is 1. The molecule has 8 heteroatoms. The van der Waals surface area contributed by atoms with Gasteiger partial charge in [-0.25, -0.2) is 8.42 Å². The fraction of sp³-hybridized carbons (Fsp3) is 0.333. The van der Waals surface area contributed by atoms with E-state index in [0.717, 1.165) is 16.9 Å². The van der Waals surface area contributed by atoms with Crippen LogP contribution in [-0.2, 0) is 15.6 Å². The van der Waals surface area contributed by atoms with Gasteiger partial charge in [0.05, 0.1) is 11.6 Å².